The molecule has 3 rings (SSSR count). The fraction of sp³-hybridized carbons (Fsp3) is 0.227. The number of aromatic nitrogens is 1. The van der Waals surface area contributed by atoms with Gasteiger partial charge >= 0.3 is 5.97 Å². The maximum absolute atomic E-state index is 12.9. The number of fused-ring (bicyclic) bond motifs is 1. The SMILES string of the molecule is CCC(Sc1[nH]c2ccccc2c(=O)c1C(=O)OC)C(=O)Nc1cccc(OC)c1. The quantitative estimate of drug-likeness (QED) is 0.440. The third kappa shape index (κ3) is 4.49. The second-order valence-electron chi connectivity index (χ2n) is 6.43. The van der Waals surface area contributed by atoms with Crippen LogP contribution in [0.2, 0.25) is 0 Å². The maximum atomic E-state index is 12.9. The van der Waals surface area contributed by atoms with E-state index in [1.54, 1.807) is 55.6 Å². The molecule has 0 saturated heterocycles. The number of hydrogen-bond donors (Lipinski definition) is 2. The molecule has 3 aromatic rings. The van der Waals surface area contributed by atoms with Crippen LogP contribution in [0.5, 0.6) is 5.75 Å². The van der Waals surface area contributed by atoms with E-state index in [-0.39, 0.29) is 11.5 Å². The van der Waals surface area contributed by atoms with Gasteiger partial charge in [-0.3, -0.25) is 9.59 Å². The van der Waals surface area contributed by atoms with Gasteiger partial charge in [-0.05, 0) is 30.7 Å². The van der Waals surface area contributed by atoms with Crippen LogP contribution in [-0.4, -0.2) is 36.3 Å². The number of thioether (sulfide) groups is 1. The second kappa shape index (κ2) is 9.49. The summed E-state index contributed by atoms with van der Waals surface area (Å²) in [6.07, 6.45) is 0.482. The van der Waals surface area contributed by atoms with Crippen LogP contribution in [0.25, 0.3) is 10.9 Å². The van der Waals surface area contributed by atoms with Gasteiger partial charge in [0.2, 0.25) is 11.3 Å². The molecule has 1 atom stereocenters. The summed E-state index contributed by atoms with van der Waals surface area (Å²) in [7, 11) is 2.77. The molecule has 1 unspecified atom stereocenters. The standard InChI is InChI=1S/C22H22N2O5S/c1-4-17(20(26)23-13-8-7-9-14(12-13)28-2)30-21-18(22(27)29-3)19(25)15-10-5-6-11-16(15)24-21/h5-12,17H,4H2,1-3H3,(H,23,26)(H,24,25). The van der Waals surface area contributed by atoms with Crippen LogP contribution in [0.1, 0.15) is 23.7 Å². The van der Waals surface area contributed by atoms with E-state index in [2.05, 4.69) is 10.3 Å². The third-order valence-corrected chi connectivity index (χ3v) is 5.90. The second-order valence-corrected chi connectivity index (χ2v) is 7.64. The van der Waals surface area contributed by atoms with Gasteiger partial charge in [-0.1, -0.05) is 36.9 Å². The zero-order valence-electron chi connectivity index (χ0n) is 16.9. The number of carbonyl (C=O) groups excluding carboxylic acids is 2. The Morgan fingerprint density at radius 3 is 2.60 bits per heavy atom. The highest BCUT2D eigenvalue weighted by Crippen LogP contribution is 2.29. The number of H-pyrrole nitrogens is 1. The Labute approximate surface area is 177 Å². The molecule has 1 aromatic heterocycles. The summed E-state index contributed by atoms with van der Waals surface area (Å²) >= 11 is 1.13. The molecule has 0 bridgehead atoms. The van der Waals surface area contributed by atoms with E-state index in [1.165, 1.54) is 7.11 Å². The molecule has 0 spiro atoms. The molecule has 0 radical (unpaired) electrons. The molecular formula is C22H22N2O5S. The predicted molar refractivity (Wildman–Crippen MR) is 117 cm³/mol. The van der Waals surface area contributed by atoms with Crippen LogP contribution >= 0.6 is 11.8 Å². The zero-order valence-corrected chi connectivity index (χ0v) is 17.7. The number of carbonyl (C=O) groups is 2. The number of amides is 1. The first-order valence-corrected chi connectivity index (χ1v) is 10.2. The lowest BCUT2D eigenvalue weighted by Gasteiger charge is -2.17. The molecule has 8 heteroatoms. The number of nitrogens with one attached hydrogen (secondary N) is 2. The highest BCUT2D eigenvalue weighted by Gasteiger charge is 2.25. The zero-order chi connectivity index (χ0) is 21.7. The van der Waals surface area contributed by atoms with Gasteiger partial charge in [-0.15, -0.1) is 0 Å². The van der Waals surface area contributed by atoms with Gasteiger partial charge in [0.15, 0.2) is 0 Å². The summed E-state index contributed by atoms with van der Waals surface area (Å²) in [6.45, 7) is 1.86. The smallest absolute Gasteiger partial charge is 0.344 e. The lowest BCUT2D eigenvalue weighted by atomic mass is 10.1. The number of para-hydroxylation sites is 1. The number of esters is 1. The normalized spacial score (nSPS) is 11.7. The van der Waals surface area contributed by atoms with E-state index in [4.69, 9.17) is 9.47 Å². The first kappa shape index (κ1) is 21.4. The molecule has 1 amide bonds. The molecule has 7 nitrogen and oxygen atoms in total. The van der Waals surface area contributed by atoms with E-state index in [9.17, 15) is 14.4 Å². The van der Waals surface area contributed by atoms with Crippen molar-refractivity contribution in [1.29, 1.82) is 0 Å². The van der Waals surface area contributed by atoms with Gasteiger partial charge < -0.3 is 19.8 Å². The molecule has 0 saturated carbocycles. The summed E-state index contributed by atoms with van der Waals surface area (Å²) in [5.41, 5.74) is 0.648. The Bertz CT molecular complexity index is 1140. The van der Waals surface area contributed by atoms with Gasteiger partial charge in [0.1, 0.15) is 11.3 Å². The van der Waals surface area contributed by atoms with Crippen molar-refractivity contribution in [3.8, 4) is 5.75 Å². The first-order valence-electron chi connectivity index (χ1n) is 9.33. The Hall–Kier alpha value is -3.26. The third-order valence-electron chi connectivity index (χ3n) is 4.52. The number of aromatic amines is 1. The highest BCUT2D eigenvalue weighted by molar-refractivity contribution is 8.00. The molecule has 0 aliphatic rings. The Kier molecular flexibility index (Phi) is 6.79. The molecule has 2 N–H and O–H groups in total. The summed E-state index contributed by atoms with van der Waals surface area (Å²) in [6, 6.07) is 13.9. The van der Waals surface area contributed by atoms with Crippen molar-refractivity contribution < 1.29 is 19.1 Å². The molecule has 30 heavy (non-hydrogen) atoms. The number of ether oxygens (including phenoxy) is 2. The predicted octanol–water partition coefficient (Wildman–Crippen LogP) is 3.83. The minimum Gasteiger partial charge on any atom is -0.497 e. The van der Waals surface area contributed by atoms with Crippen LogP contribution in [0, 0.1) is 0 Å². The summed E-state index contributed by atoms with van der Waals surface area (Å²) in [5, 5.41) is 3.00. The maximum Gasteiger partial charge on any atom is 0.344 e. The average molecular weight is 426 g/mol. The molecular weight excluding hydrogens is 404 g/mol. The van der Waals surface area contributed by atoms with Gasteiger partial charge in [0.05, 0.1) is 30.0 Å². The number of rotatable bonds is 7. The van der Waals surface area contributed by atoms with Gasteiger partial charge in [-0.25, -0.2) is 4.79 Å². The molecule has 2 aromatic carbocycles. The van der Waals surface area contributed by atoms with Crippen LogP contribution in [0.15, 0.2) is 58.4 Å². The Balaban J connectivity index is 1.95. The lowest BCUT2D eigenvalue weighted by molar-refractivity contribution is -0.115. The van der Waals surface area contributed by atoms with Crippen molar-refractivity contribution in [1.82, 2.24) is 4.98 Å². The minimum atomic E-state index is -0.743. The highest BCUT2D eigenvalue weighted by atomic mass is 32.2. The number of hydrogen-bond acceptors (Lipinski definition) is 6. The number of methoxy groups -OCH3 is 2. The molecule has 1 heterocycles. The van der Waals surface area contributed by atoms with Crippen molar-refractivity contribution in [2.24, 2.45) is 0 Å². The van der Waals surface area contributed by atoms with Gasteiger partial charge in [-0.2, -0.15) is 0 Å². The molecule has 156 valence electrons. The van der Waals surface area contributed by atoms with E-state index in [0.717, 1.165) is 11.8 Å². The Morgan fingerprint density at radius 2 is 1.90 bits per heavy atom. The van der Waals surface area contributed by atoms with Crippen molar-refractivity contribution >= 4 is 40.2 Å². The lowest BCUT2D eigenvalue weighted by Crippen LogP contribution is -2.26. The van der Waals surface area contributed by atoms with Crippen molar-refractivity contribution in [3.05, 3.63) is 64.3 Å². The summed E-state index contributed by atoms with van der Waals surface area (Å²) < 4.78 is 10.00. The van der Waals surface area contributed by atoms with E-state index >= 15 is 0 Å². The van der Waals surface area contributed by atoms with Crippen LogP contribution < -0.4 is 15.5 Å². The van der Waals surface area contributed by atoms with Crippen molar-refractivity contribution in [3.63, 3.8) is 0 Å². The average Bonchev–Trinajstić information content (AvgIpc) is 2.77. The van der Waals surface area contributed by atoms with Crippen molar-refractivity contribution in [2.75, 3.05) is 19.5 Å². The molecule has 0 fully saturated rings. The van der Waals surface area contributed by atoms with E-state index < -0.39 is 16.6 Å². The molecule has 0 aliphatic carbocycles. The fourth-order valence-corrected chi connectivity index (χ4v) is 4.06. The van der Waals surface area contributed by atoms with Crippen molar-refractivity contribution in [2.45, 2.75) is 23.6 Å². The largest absolute Gasteiger partial charge is 0.497 e. The minimum absolute atomic E-state index is 0.103. The van der Waals surface area contributed by atoms with Crippen LogP contribution in [-0.2, 0) is 9.53 Å². The topological polar surface area (TPSA) is 97.5 Å². The van der Waals surface area contributed by atoms with E-state index in [0.29, 0.717) is 33.8 Å². The van der Waals surface area contributed by atoms with E-state index in [1.807, 2.05) is 6.92 Å². The fourth-order valence-electron chi connectivity index (χ4n) is 2.98. The van der Waals surface area contributed by atoms with Gasteiger partial charge in [0, 0.05) is 17.1 Å². The van der Waals surface area contributed by atoms with Crippen LogP contribution in [0.3, 0.4) is 0 Å². The monoisotopic (exact) mass is 426 g/mol. The first-order chi connectivity index (χ1) is 14.5. The van der Waals surface area contributed by atoms with Gasteiger partial charge in [0.25, 0.3) is 0 Å². The Morgan fingerprint density at radius 1 is 1.13 bits per heavy atom. The number of benzene rings is 2. The van der Waals surface area contributed by atoms with Crippen LogP contribution in [0.4, 0.5) is 5.69 Å². The summed E-state index contributed by atoms with van der Waals surface area (Å²) in [5.74, 6) is -0.367. The molecule has 0 aliphatic heterocycles. The summed E-state index contributed by atoms with van der Waals surface area (Å²) in [4.78, 5) is 41.2. The number of pyridine rings is 1. The number of anilines is 1.